The van der Waals surface area contributed by atoms with E-state index in [1.165, 1.54) is 12.1 Å². The Hall–Kier alpha value is -2.24. The normalized spacial score (nSPS) is 17.7. The van der Waals surface area contributed by atoms with Gasteiger partial charge in [-0.25, -0.2) is 4.39 Å². The number of hydrogen-bond acceptors (Lipinski definition) is 3. The van der Waals surface area contributed by atoms with Gasteiger partial charge < -0.3 is 9.47 Å². The highest BCUT2D eigenvalue weighted by Gasteiger charge is 2.27. The van der Waals surface area contributed by atoms with Gasteiger partial charge in [-0.1, -0.05) is 12.1 Å². The Morgan fingerprint density at radius 2 is 2.30 bits per heavy atom. The van der Waals surface area contributed by atoms with Crippen molar-refractivity contribution in [1.29, 1.82) is 0 Å². The number of carbonyl (C=O) groups excluding carboxylic acids is 1. The number of hydrogen-bond donors (Lipinski definition) is 0. The van der Waals surface area contributed by atoms with Crippen LogP contribution in [0, 0.1) is 11.7 Å². The zero-order chi connectivity index (χ0) is 16.2. The van der Waals surface area contributed by atoms with Crippen molar-refractivity contribution in [2.24, 2.45) is 5.92 Å². The maximum absolute atomic E-state index is 13.2. The number of likely N-dealkylation sites (tertiary alicyclic amines) is 1. The Morgan fingerprint density at radius 3 is 3.09 bits per heavy atom. The molecule has 0 bridgehead atoms. The number of aromatic nitrogens is 3. The fourth-order valence-corrected chi connectivity index (χ4v) is 3.12. The highest BCUT2D eigenvalue weighted by molar-refractivity contribution is 5.79. The van der Waals surface area contributed by atoms with Crippen LogP contribution in [-0.2, 0) is 24.2 Å². The Morgan fingerprint density at radius 1 is 1.43 bits per heavy atom. The molecule has 0 saturated carbocycles. The van der Waals surface area contributed by atoms with Crippen molar-refractivity contribution in [3.05, 3.63) is 47.8 Å². The van der Waals surface area contributed by atoms with Crippen LogP contribution < -0.4 is 0 Å². The van der Waals surface area contributed by atoms with E-state index < -0.39 is 0 Å². The topological polar surface area (TPSA) is 51.0 Å². The smallest absolute Gasteiger partial charge is 0.227 e. The quantitative estimate of drug-likeness (QED) is 0.848. The highest BCUT2D eigenvalue weighted by atomic mass is 19.1. The van der Waals surface area contributed by atoms with E-state index >= 15 is 0 Å². The number of nitrogens with zero attached hydrogens (tertiary/aromatic N) is 4. The summed E-state index contributed by atoms with van der Waals surface area (Å²) in [5.74, 6) is 1.17. The van der Waals surface area contributed by atoms with E-state index in [0.29, 0.717) is 5.92 Å². The first-order chi connectivity index (χ1) is 11.2. The van der Waals surface area contributed by atoms with Gasteiger partial charge in [-0.3, -0.25) is 4.79 Å². The van der Waals surface area contributed by atoms with E-state index in [2.05, 4.69) is 17.1 Å². The molecular formula is C17H21FN4O. The number of amides is 1. The Balaban J connectivity index is 1.56. The largest absolute Gasteiger partial charge is 0.342 e. The summed E-state index contributed by atoms with van der Waals surface area (Å²) in [7, 11) is 0. The van der Waals surface area contributed by atoms with Crippen LogP contribution in [0.1, 0.15) is 24.7 Å². The standard InChI is InChI=1S/C17H21FN4O/c1-2-21-12-19-20-16(21)9-14-6-7-22(11-14)17(23)10-13-4-3-5-15(18)8-13/h3-5,8,12,14H,2,6-7,9-11H2,1H3. The van der Waals surface area contributed by atoms with Crippen LogP contribution in [0.5, 0.6) is 0 Å². The second kappa shape index (κ2) is 6.89. The zero-order valence-corrected chi connectivity index (χ0v) is 13.3. The van der Waals surface area contributed by atoms with Crippen LogP contribution >= 0.6 is 0 Å². The van der Waals surface area contributed by atoms with Gasteiger partial charge in [0.15, 0.2) is 0 Å². The zero-order valence-electron chi connectivity index (χ0n) is 13.3. The van der Waals surface area contributed by atoms with Gasteiger partial charge in [-0.15, -0.1) is 10.2 Å². The molecule has 1 amide bonds. The van der Waals surface area contributed by atoms with E-state index in [1.807, 2.05) is 9.47 Å². The molecule has 122 valence electrons. The number of halogens is 1. The molecule has 2 aromatic rings. The third kappa shape index (κ3) is 3.75. The van der Waals surface area contributed by atoms with Crippen LogP contribution in [0.2, 0.25) is 0 Å². The second-order valence-electron chi connectivity index (χ2n) is 6.04. The van der Waals surface area contributed by atoms with Gasteiger partial charge in [0, 0.05) is 26.1 Å². The van der Waals surface area contributed by atoms with Crippen LogP contribution in [0.25, 0.3) is 0 Å². The summed E-state index contributed by atoms with van der Waals surface area (Å²) in [6, 6.07) is 6.25. The summed E-state index contributed by atoms with van der Waals surface area (Å²) < 4.78 is 15.2. The van der Waals surface area contributed by atoms with Gasteiger partial charge in [0.2, 0.25) is 5.91 Å². The number of carbonyl (C=O) groups is 1. The lowest BCUT2D eigenvalue weighted by molar-refractivity contribution is -0.129. The van der Waals surface area contributed by atoms with Crippen molar-refractivity contribution in [1.82, 2.24) is 19.7 Å². The molecule has 23 heavy (non-hydrogen) atoms. The van der Waals surface area contributed by atoms with E-state index in [9.17, 15) is 9.18 Å². The van der Waals surface area contributed by atoms with Crippen LogP contribution in [0.15, 0.2) is 30.6 Å². The average Bonchev–Trinajstić information content (AvgIpc) is 3.17. The molecule has 1 aliphatic heterocycles. The molecule has 0 aliphatic carbocycles. The summed E-state index contributed by atoms with van der Waals surface area (Å²) >= 11 is 0. The fraction of sp³-hybridized carbons (Fsp3) is 0.471. The maximum Gasteiger partial charge on any atom is 0.227 e. The molecule has 2 heterocycles. The molecule has 1 aliphatic rings. The molecule has 0 spiro atoms. The minimum absolute atomic E-state index is 0.0649. The summed E-state index contributed by atoms with van der Waals surface area (Å²) in [5, 5.41) is 8.12. The second-order valence-corrected chi connectivity index (χ2v) is 6.04. The first-order valence-electron chi connectivity index (χ1n) is 8.04. The molecule has 0 radical (unpaired) electrons. The SMILES string of the molecule is CCn1cnnc1CC1CCN(C(=O)Cc2cccc(F)c2)C1. The monoisotopic (exact) mass is 316 g/mol. The lowest BCUT2D eigenvalue weighted by atomic mass is 10.0. The van der Waals surface area contributed by atoms with E-state index in [1.54, 1.807) is 18.5 Å². The Kier molecular flexibility index (Phi) is 4.69. The molecule has 1 atom stereocenters. The number of rotatable bonds is 5. The Labute approximate surface area is 135 Å². The molecule has 0 N–H and O–H groups in total. The van der Waals surface area contributed by atoms with Crippen LogP contribution in [0.4, 0.5) is 4.39 Å². The molecule has 6 heteroatoms. The molecule has 1 aromatic carbocycles. The lowest BCUT2D eigenvalue weighted by Crippen LogP contribution is -2.30. The minimum atomic E-state index is -0.298. The fourth-order valence-electron chi connectivity index (χ4n) is 3.12. The van der Waals surface area contributed by atoms with E-state index in [4.69, 9.17) is 0 Å². The van der Waals surface area contributed by atoms with Gasteiger partial charge in [0.25, 0.3) is 0 Å². The third-order valence-electron chi connectivity index (χ3n) is 4.39. The molecule has 3 rings (SSSR count). The molecule has 1 fully saturated rings. The van der Waals surface area contributed by atoms with Crippen LogP contribution in [0.3, 0.4) is 0 Å². The summed E-state index contributed by atoms with van der Waals surface area (Å²) in [4.78, 5) is 14.2. The highest BCUT2D eigenvalue weighted by Crippen LogP contribution is 2.21. The number of benzene rings is 1. The van der Waals surface area contributed by atoms with Gasteiger partial charge in [-0.2, -0.15) is 0 Å². The number of aryl methyl sites for hydroxylation is 1. The first kappa shape index (κ1) is 15.6. The molecule has 1 aromatic heterocycles. The van der Waals surface area contributed by atoms with E-state index in [-0.39, 0.29) is 18.1 Å². The van der Waals surface area contributed by atoms with Crippen molar-refractivity contribution < 1.29 is 9.18 Å². The summed E-state index contributed by atoms with van der Waals surface area (Å²) in [5.41, 5.74) is 0.726. The van der Waals surface area contributed by atoms with Crippen molar-refractivity contribution in [2.45, 2.75) is 32.7 Å². The third-order valence-corrected chi connectivity index (χ3v) is 4.39. The van der Waals surface area contributed by atoms with Gasteiger partial charge >= 0.3 is 0 Å². The molecule has 5 nitrogen and oxygen atoms in total. The average molecular weight is 316 g/mol. The first-order valence-corrected chi connectivity index (χ1v) is 8.04. The summed E-state index contributed by atoms with van der Waals surface area (Å²) in [6.45, 7) is 4.43. The predicted octanol–water partition coefficient (Wildman–Crippen LogP) is 2.07. The van der Waals surface area contributed by atoms with Gasteiger partial charge in [0.1, 0.15) is 18.0 Å². The lowest BCUT2D eigenvalue weighted by Gasteiger charge is -2.16. The van der Waals surface area contributed by atoms with Gasteiger partial charge in [0.05, 0.1) is 6.42 Å². The van der Waals surface area contributed by atoms with Crippen LogP contribution in [-0.4, -0.2) is 38.7 Å². The van der Waals surface area contributed by atoms with Crippen molar-refractivity contribution in [3.8, 4) is 0 Å². The Bertz CT molecular complexity index is 685. The minimum Gasteiger partial charge on any atom is -0.342 e. The van der Waals surface area contributed by atoms with Gasteiger partial charge in [-0.05, 0) is 37.0 Å². The summed E-state index contributed by atoms with van der Waals surface area (Å²) in [6.07, 6.45) is 3.83. The van der Waals surface area contributed by atoms with E-state index in [0.717, 1.165) is 43.9 Å². The molecule has 1 saturated heterocycles. The predicted molar refractivity (Wildman–Crippen MR) is 84.2 cm³/mol. The van der Waals surface area contributed by atoms with Crippen molar-refractivity contribution >= 4 is 5.91 Å². The van der Waals surface area contributed by atoms with Crippen molar-refractivity contribution in [2.75, 3.05) is 13.1 Å². The molecular weight excluding hydrogens is 295 g/mol. The maximum atomic E-state index is 13.2. The molecule has 1 unspecified atom stereocenters. The van der Waals surface area contributed by atoms with Crippen molar-refractivity contribution in [3.63, 3.8) is 0 Å².